The quantitative estimate of drug-likeness (QED) is 0.859. The summed E-state index contributed by atoms with van der Waals surface area (Å²) in [4.78, 5) is 11.2. The van der Waals surface area contributed by atoms with Crippen molar-refractivity contribution in [3.8, 4) is 11.5 Å². The molecule has 1 aromatic carbocycles. The van der Waals surface area contributed by atoms with E-state index < -0.39 is 0 Å². The van der Waals surface area contributed by atoms with Crippen molar-refractivity contribution in [1.29, 1.82) is 0 Å². The van der Waals surface area contributed by atoms with E-state index in [-0.39, 0.29) is 11.9 Å². The third-order valence-corrected chi connectivity index (χ3v) is 3.65. The lowest BCUT2D eigenvalue weighted by Crippen LogP contribution is -2.46. The lowest BCUT2D eigenvalue weighted by molar-refractivity contribution is -0.122. The third kappa shape index (κ3) is 3.42. The molecule has 0 spiro atoms. The second-order valence-electron chi connectivity index (χ2n) is 5.04. The van der Waals surface area contributed by atoms with Gasteiger partial charge in [0.15, 0.2) is 0 Å². The summed E-state index contributed by atoms with van der Waals surface area (Å²) in [5.41, 5.74) is 1.06. The molecular weight excluding hydrogens is 256 g/mol. The zero-order chi connectivity index (χ0) is 14.5. The van der Waals surface area contributed by atoms with Crippen molar-refractivity contribution in [3.63, 3.8) is 0 Å². The minimum absolute atomic E-state index is 0.125. The van der Waals surface area contributed by atoms with Crippen LogP contribution in [0.4, 0.5) is 0 Å². The molecule has 1 aliphatic heterocycles. The molecule has 5 heteroatoms. The molecule has 1 saturated heterocycles. The van der Waals surface area contributed by atoms with Crippen LogP contribution in [0, 0.1) is 0 Å². The van der Waals surface area contributed by atoms with Gasteiger partial charge in [0.2, 0.25) is 5.91 Å². The van der Waals surface area contributed by atoms with E-state index in [9.17, 15) is 4.79 Å². The van der Waals surface area contributed by atoms with Crippen molar-refractivity contribution in [2.24, 2.45) is 0 Å². The Morgan fingerprint density at radius 3 is 2.75 bits per heavy atom. The summed E-state index contributed by atoms with van der Waals surface area (Å²) in [6.45, 7) is 2.77. The highest BCUT2D eigenvalue weighted by atomic mass is 16.5. The van der Waals surface area contributed by atoms with Crippen LogP contribution < -0.4 is 20.1 Å². The molecule has 2 N–H and O–H groups in total. The molecule has 0 saturated carbocycles. The van der Waals surface area contributed by atoms with Gasteiger partial charge >= 0.3 is 0 Å². The zero-order valence-electron chi connectivity index (χ0n) is 12.2. The Balaban J connectivity index is 2.07. The van der Waals surface area contributed by atoms with Gasteiger partial charge in [-0.25, -0.2) is 0 Å². The Morgan fingerprint density at radius 2 is 2.15 bits per heavy atom. The second-order valence-corrected chi connectivity index (χ2v) is 5.04. The predicted molar refractivity (Wildman–Crippen MR) is 77.1 cm³/mol. The molecule has 1 fully saturated rings. The number of ether oxygens (including phenoxy) is 2. The number of benzene rings is 1. The summed E-state index contributed by atoms with van der Waals surface area (Å²) >= 11 is 0. The highest BCUT2D eigenvalue weighted by Gasteiger charge is 2.21. The van der Waals surface area contributed by atoms with Gasteiger partial charge in [0.1, 0.15) is 11.5 Å². The van der Waals surface area contributed by atoms with Gasteiger partial charge in [0.05, 0.1) is 14.2 Å². The van der Waals surface area contributed by atoms with E-state index in [1.54, 1.807) is 14.2 Å². The number of nitrogens with one attached hydrogen (secondary N) is 2. The number of carbonyl (C=O) groups is 1. The summed E-state index contributed by atoms with van der Waals surface area (Å²) < 4.78 is 10.7. The van der Waals surface area contributed by atoms with E-state index in [1.165, 1.54) is 0 Å². The molecule has 1 aliphatic rings. The molecule has 5 nitrogen and oxygen atoms in total. The van der Waals surface area contributed by atoms with Gasteiger partial charge in [-0.1, -0.05) is 0 Å². The van der Waals surface area contributed by atoms with Crippen molar-refractivity contribution < 1.29 is 14.3 Å². The Bertz CT molecular complexity index is 466. The van der Waals surface area contributed by atoms with Crippen LogP contribution in [0.1, 0.15) is 31.4 Å². The monoisotopic (exact) mass is 278 g/mol. The van der Waals surface area contributed by atoms with E-state index >= 15 is 0 Å². The van der Waals surface area contributed by atoms with Crippen LogP contribution in [0.25, 0.3) is 0 Å². The maximum atomic E-state index is 11.2. The van der Waals surface area contributed by atoms with E-state index in [1.807, 2.05) is 18.2 Å². The molecule has 1 heterocycles. The first-order chi connectivity index (χ1) is 9.63. The van der Waals surface area contributed by atoms with Gasteiger partial charge in [0.25, 0.3) is 0 Å². The highest BCUT2D eigenvalue weighted by molar-refractivity contribution is 5.76. The van der Waals surface area contributed by atoms with Crippen LogP contribution in [-0.4, -0.2) is 32.7 Å². The molecule has 110 valence electrons. The number of amides is 1. The number of rotatable bonds is 5. The van der Waals surface area contributed by atoms with Gasteiger partial charge in [-0.3, -0.25) is 4.79 Å². The van der Waals surface area contributed by atoms with E-state index in [0.29, 0.717) is 19.0 Å². The number of hydrogen-bond acceptors (Lipinski definition) is 4. The summed E-state index contributed by atoms with van der Waals surface area (Å²) in [5, 5.41) is 6.41. The lowest BCUT2D eigenvalue weighted by atomic mass is 10.0. The Labute approximate surface area is 119 Å². The van der Waals surface area contributed by atoms with E-state index in [0.717, 1.165) is 23.5 Å². The molecule has 1 amide bonds. The van der Waals surface area contributed by atoms with E-state index in [2.05, 4.69) is 17.6 Å². The van der Waals surface area contributed by atoms with Crippen LogP contribution in [0.15, 0.2) is 18.2 Å². The minimum atomic E-state index is 0.125. The van der Waals surface area contributed by atoms with Gasteiger partial charge < -0.3 is 20.1 Å². The first kappa shape index (κ1) is 14.7. The van der Waals surface area contributed by atoms with Crippen LogP contribution in [-0.2, 0) is 4.79 Å². The molecule has 0 bridgehead atoms. The van der Waals surface area contributed by atoms with Crippen LogP contribution in [0.5, 0.6) is 11.5 Å². The number of methoxy groups -OCH3 is 2. The minimum Gasteiger partial charge on any atom is -0.497 e. The average Bonchev–Trinajstić information content (AvgIpc) is 2.48. The summed E-state index contributed by atoms with van der Waals surface area (Å²) in [6.07, 6.45) is 1.45. The lowest BCUT2D eigenvalue weighted by Gasteiger charge is -2.28. The van der Waals surface area contributed by atoms with Crippen molar-refractivity contribution in [3.05, 3.63) is 23.8 Å². The number of carbonyl (C=O) groups excluding carboxylic acids is 1. The van der Waals surface area contributed by atoms with Crippen LogP contribution in [0.3, 0.4) is 0 Å². The zero-order valence-corrected chi connectivity index (χ0v) is 12.2. The predicted octanol–water partition coefficient (Wildman–Crippen LogP) is 1.63. The number of hydrogen-bond donors (Lipinski definition) is 2. The fraction of sp³-hybridized carbons (Fsp3) is 0.533. The van der Waals surface area contributed by atoms with Gasteiger partial charge in [-0.05, 0) is 31.5 Å². The van der Waals surface area contributed by atoms with Crippen molar-refractivity contribution >= 4 is 5.91 Å². The van der Waals surface area contributed by atoms with E-state index in [4.69, 9.17) is 9.47 Å². The first-order valence-corrected chi connectivity index (χ1v) is 6.88. The smallest absolute Gasteiger partial charge is 0.220 e. The van der Waals surface area contributed by atoms with Gasteiger partial charge in [0, 0.05) is 30.6 Å². The normalized spacial score (nSPS) is 20.1. The topological polar surface area (TPSA) is 59.6 Å². The first-order valence-electron chi connectivity index (χ1n) is 6.88. The summed E-state index contributed by atoms with van der Waals surface area (Å²) in [6, 6.07) is 6.20. The molecular formula is C15H22N2O3. The number of piperidine rings is 1. The molecule has 0 aliphatic carbocycles. The van der Waals surface area contributed by atoms with Gasteiger partial charge in [-0.2, -0.15) is 0 Å². The fourth-order valence-electron chi connectivity index (χ4n) is 2.50. The van der Waals surface area contributed by atoms with Crippen LogP contribution in [0.2, 0.25) is 0 Å². The molecule has 20 heavy (non-hydrogen) atoms. The standard InChI is InChI=1S/C15H22N2O3/c1-10(17-11-4-7-15(18)16-9-11)13-8-12(19-2)5-6-14(13)20-3/h5-6,8,10-11,17H,4,7,9H2,1-3H3,(H,16,18). The van der Waals surface area contributed by atoms with Crippen molar-refractivity contribution in [2.75, 3.05) is 20.8 Å². The fourth-order valence-corrected chi connectivity index (χ4v) is 2.50. The molecule has 2 unspecified atom stereocenters. The molecule has 2 rings (SSSR count). The van der Waals surface area contributed by atoms with Crippen molar-refractivity contribution in [1.82, 2.24) is 10.6 Å². The average molecular weight is 278 g/mol. The molecule has 0 aromatic heterocycles. The molecule has 1 aromatic rings. The molecule has 2 atom stereocenters. The highest BCUT2D eigenvalue weighted by Crippen LogP contribution is 2.29. The van der Waals surface area contributed by atoms with Gasteiger partial charge in [-0.15, -0.1) is 0 Å². The Morgan fingerprint density at radius 1 is 1.35 bits per heavy atom. The largest absolute Gasteiger partial charge is 0.497 e. The van der Waals surface area contributed by atoms with Crippen LogP contribution >= 0.6 is 0 Å². The second kappa shape index (κ2) is 6.61. The summed E-state index contributed by atoms with van der Waals surface area (Å²) in [7, 11) is 3.32. The Hall–Kier alpha value is -1.75. The Kier molecular flexibility index (Phi) is 4.84. The third-order valence-electron chi connectivity index (χ3n) is 3.65. The molecule has 0 radical (unpaired) electrons. The summed E-state index contributed by atoms with van der Waals surface area (Å²) in [5.74, 6) is 1.78. The van der Waals surface area contributed by atoms with Crippen molar-refractivity contribution in [2.45, 2.75) is 31.8 Å². The SMILES string of the molecule is COc1ccc(OC)c(C(C)NC2CCC(=O)NC2)c1. The maximum Gasteiger partial charge on any atom is 0.220 e. The maximum absolute atomic E-state index is 11.2.